The molecular formula is C11H13NO5S. The summed E-state index contributed by atoms with van der Waals surface area (Å²) in [5, 5.41) is 10.8. The van der Waals surface area contributed by atoms with E-state index in [9.17, 15) is 18.5 Å². The summed E-state index contributed by atoms with van der Waals surface area (Å²) in [6, 6.07) is 6.12. The maximum Gasteiger partial charge on any atom is 0.310 e. The molecule has 6 nitrogen and oxygen atoms in total. The van der Waals surface area contributed by atoms with Gasteiger partial charge in [0.2, 0.25) is 0 Å². The summed E-state index contributed by atoms with van der Waals surface area (Å²) in [5.74, 6) is 0.364. The number of hydrogen-bond acceptors (Lipinski definition) is 5. The van der Waals surface area contributed by atoms with Crippen molar-refractivity contribution < 1.29 is 18.1 Å². The Morgan fingerprint density at radius 1 is 1.22 bits per heavy atom. The molecular weight excluding hydrogens is 258 g/mol. The monoisotopic (exact) mass is 271 g/mol. The summed E-state index contributed by atoms with van der Waals surface area (Å²) in [6.45, 7) is 0. The maximum absolute atomic E-state index is 11.3. The van der Waals surface area contributed by atoms with Crippen LogP contribution in [0.15, 0.2) is 24.3 Å². The first-order chi connectivity index (χ1) is 8.48. The van der Waals surface area contributed by atoms with Gasteiger partial charge in [0.15, 0.2) is 15.6 Å². The van der Waals surface area contributed by atoms with Crippen molar-refractivity contribution in [3.05, 3.63) is 34.4 Å². The molecule has 1 saturated heterocycles. The first-order valence-electron chi connectivity index (χ1n) is 5.58. The van der Waals surface area contributed by atoms with Gasteiger partial charge >= 0.3 is 5.69 Å². The van der Waals surface area contributed by atoms with Crippen LogP contribution in [0.3, 0.4) is 0 Å². The molecule has 2 rings (SSSR count). The molecule has 1 aliphatic rings. The molecule has 1 aromatic rings. The third kappa shape index (κ3) is 2.98. The average Bonchev–Trinajstić information content (AvgIpc) is 2.32. The zero-order chi connectivity index (χ0) is 13.2. The highest BCUT2D eigenvalue weighted by Crippen LogP contribution is 2.29. The lowest BCUT2D eigenvalue weighted by molar-refractivity contribution is -0.386. The van der Waals surface area contributed by atoms with Crippen molar-refractivity contribution >= 4 is 15.5 Å². The largest absolute Gasteiger partial charge is 0.483 e. The molecule has 0 radical (unpaired) electrons. The van der Waals surface area contributed by atoms with E-state index in [1.54, 1.807) is 12.1 Å². The molecule has 1 aliphatic heterocycles. The van der Waals surface area contributed by atoms with Gasteiger partial charge in [0.05, 0.1) is 16.4 Å². The van der Waals surface area contributed by atoms with Gasteiger partial charge in [-0.1, -0.05) is 12.1 Å². The predicted octanol–water partition coefficient (Wildman–Crippen LogP) is 1.55. The lowest BCUT2D eigenvalue weighted by Gasteiger charge is -2.22. The number of nitro benzene ring substituents is 1. The van der Waals surface area contributed by atoms with E-state index in [2.05, 4.69) is 0 Å². The van der Waals surface area contributed by atoms with Crippen LogP contribution in [0.2, 0.25) is 0 Å². The van der Waals surface area contributed by atoms with E-state index in [1.807, 2.05) is 0 Å². The molecule has 1 fully saturated rings. The molecule has 0 bridgehead atoms. The molecule has 0 atom stereocenters. The van der Waals surface area contributed by atoms with E-state index in [4.69, 9.17) is 4.74 Å². The lowest BCUT2D eigenvalue weighted by Crippen LogP contribution is -2.30. The van der Waals surface area contributed by atoms with Crippen molar-refractivity contribution in [1.29, 1.82) is 0 Å². The first kappa shape index (κ1) is 12.8. The Bertz CT molecular complexity index is 540. The van der Waals surface area contributed by atoms with Crippen LogP contribution in [0.1, 0.15) is 12.8 Å². The molecule has 0 unspecified atom stereocenters. The van der Waals surface area contributed by atoms with Crippen LogP contribution in [-0.4, -0.2) is 31.0 Å². The van der Waals surface area contributed by atoms with Crippen molar-refractivity contribution in [3.8, 4) is 5.75 Å². The summed E-state index contributed by atoms with van der Waals surface area (Å²) in [6.07, 6.45) is 0.498. The highest BCUT2D eigenvalue weighted by molar-refractivity contribution is 7.91. The van der Waals surface area contributed by atoms with Gasteiger partial charge in [0.1, 0.15) is 6.10 Å². The number of rotatable bonds is 3. The van der Waals surface area contributed by atoms with Crippen molar-refractivity contribution in [2.24, 2.45) is 0 Å². The zero-order valence-electron chi connectivity index (χ0n) is 9.61. The van der Waals surface area contributed by atoms with Gasteiger partial charge in [-0.3, -0.25) is 10.1 Å². The smallest absolute Gasteiger partial charge is 0.310 e. The molecule has 18 heavy (non-hydrogen) atoms. The lowest BCUT2D eigenvalue weighted by atomic mass is 10.2. The summed E-state index contributed by atoms with van der Waals surface area (Å²) < 4.78 is 28.1. The second-order valence-electron chi connectivity index (χ2n) is 4.19. The van der Waals surface area contributed by atoms with Crippen molar-refractivity contribution in [1.82, 2.24) is 0 Å². The molecule has 0 spiro atoms. The minimum absolute atomic E-state index is 0.0816. The minimum atomic E-state index is -2.95. The highest BCUT2D eigenvalue weighted by Gasteiger charge is 2.26. The summed E-state index contributed by atoms with van der Waals surface area (Å²) in [4.78, 5) is 10.3. The van der Waals surface area contributed by atoms with Crippen LogP contribution in [0.5, 0.6) is 5.75 Å². The fourth-order valence-corrected chi connectivity index (χ4v) is 3.32. The topological polar surface area (TPSA) is 86.5 Å². The Morgan fingerprint density at radius 2 is 1.83 bits per heavy atom. The third-order valence-electron chi connectivity index (χ3n) is 2.86. The van der Waals surface area contributed by atoms with Crippen molar-refractivity contribution in [3.63, 3.8) is 0 Å². The molecule has 1 heterocycles. The highest BCUT2D eigenvalue weighted by atomic mass is 32.2. The Hall–Kier alpha value is -1.63. The summed E-state index contributed by atoms with van der Waals surface area (Å²) in [7, 11) is -2.95. The van der Waals surface area contributed by atoms with Gasteiger partial charge in [-0.05, 0) is 18.9 Å². The number of ether oxygens (including phenoxy) is 1. The Morgan fingerprint density at radius 3 is 2.44 bits per heavy atom. The molecule has 0 N–H and O–H groups in total. The normalized spacial score (nSPS) is 19.3. The van der Waals surface area contributed by atoms with Crippen molar-refractivity contribution in [2.45, 2.75) is 18.9 Å². The van der Waals surface area contributed by atoms with Crippen LogP contribution in [-0.2, 0) is 9.84 Å². The van der Waals surface area contributed by atoms with Crippen LogP contribution in [0, 0.1) is 10.1 Å². The van der Waals surface area contributed by atoms with Gasteiger partial charge < -0.3 is 4.74 Å². The van der Waals surface area contributed by atoms with Gasteiger partial charge in [0, 0.05) is 6.07 Å². The second-order valence-corrected chi connectivity index (χ2v) is 6.50. The maximum atomic E-state index is 11.3. The Kier molecular flexibility index (Phi) is 3.51. The Labute approximate surface area is 105 Å². The average molecular weight is 271 g/mol. The fourth-order valence-electron chi connectivity index (χ4n) is 1.87. The van der Waals surface area contributed by atoms with E-state index in [-0.39, 0.29) is 29.0 Å². The van der Waals surface area contributed by atoms with Crippen LogP contribution in [0.4, 0.5) is 5.69 Å². The van der Waals surface area contributed by atoms with Crippen molar-refractivity contribution in [2.75, 3.05) is 11.5 Å². The van der Waals surface area contributed by atoms with Crippen LogP contribution >= 0.6 is 0 Å². The molecule has 1 aromatic carbocycles. The second kappa shape index (κ2) is 4.93. The molecule has 98 valence electrons. The summed E-state index contributed by atoms with van der Waals surface area (Å²) >= 11 is 0. The first-order valence-corrected chi connectivity index (χ1v) is 7.40. The quantitative estimate of drug-likeness (QED) is 0.615. The van der Waals surface area contributed by atoms with E-state index in [1.165, 1.54) is 12.1 Å². The predicted molar refractivity (Wildman–Crippen MR) is 65.4 cm³/mol. The Balaban J connectivity index is 2.09. The van der Waals surface area contributed by atoms with E-state index in [0.29, 0.717) is 12.8 Å². The standard InChI is InChI=1S/C11H13NO5S/c13-12(14)10-3-1-2-4-11(10)17-9-5-7-18(15,16)8-6-9/h1-4,9H,5-8H2. The number of nitro groups is 1. The van der Waals surface area contributed by atoms with E-state index in [0.717, 1.165) is 0 Å². The zero-order valence-corrected chi connectivity index (χ0v) is 10.4. The molecule has 0 amide bonds. The third-order valence-corrected chi connectivity index (χ3v) is 4.57. The van der Waals surface area contributed by atoms with Crippen LogP contribution in [0.25, 0.3) is 0 Å². The number of nitrogens with zero attached hydrogens (tertiary/aromatic N) is 1. The van der Waals surface area contributed by atoms with Crippen LogP contribution < -0.4 is 4.74 Å². The van der Waals surface area contributed by atoms with Gasteiger partial charge in [0.25, 0.3) is 0 Å². The number of sulfone groups is 1. The number of benzene rings is 1. The van der Waals surface area contributed by atoms with E-state index >= 15 is 0 Å². The van der Waals surface area contributed by atoms with Gasteiger partial charge in [-0.15, -0.1) is 0 Å². The SMILES string of the molecule is O=[N+]([O-])c1ccccc1OC1CCS(=O)(=O)CC1. The number of hydrogen-bond donors (Lipinski definition) is 0. The number of para-hydroxylation sites is 2. The van der Waals surface area contributed by atoms with E-state index < -0.39 is 14.8 Å². The van der Waals surface area contributed by atoms with Gasteiger partial charge in [-0.25, -0.2) is 8.42 Å². The molecule has 7 heteroatoms. The molecule has 0 aromatic heterocycles. The summed E-state index contributed by atoms with van der Waals surface area (Å²) in [5.41, 5.74) is -0.0917. The minimum Gasteiger partial charge on any atom is -0.483 e. The fraction of sp³-hybridized carbons (Fsp3) is 0.455. The molecule has 0 aliphatic carbocycles. The van der Waals surface area contributed by atoms with Gasteiger partial charge in [-0.2, -0.15) is 0 Å². The molecule has 0 saturated carbocycles.